The predicted octanol–water partition coefficient (Wildman–Crippen LogP) is 7.08. The highest BCUT2D eigenvalue weighted by atomic mass is 16.7. The van der Waals surface area contributed by atoms with Crippen molar-refractivity contribution in [3.05, 3.63) is 47.8 Å². The van der Waals surface area contributed by atoms with Crippen LogP contribution in [0.4, 0.5) is 4.79 Å². The van der Waals surface area contributed by atoms with E-state index in [2.05, 4.69) is 23.8 Å². The standard InChI is InChI=1S/C25H36N2O3/c1-3-5-7-9-11-15-21-17-13-19-26-23(21)29-25(28)30-24-22(18-14-20-27-24)16-12-10-8-6-4-2/h13-14,17-20H,3-12,15-16H2,1-2H3. The molecule has 0 bridgehead atoms. The Bertz CT molecular complexity index is 687. The quantitative estimate of drug-likeness (QED) is 0.245. The van der Waals surface area contributed by atoms with E-state index in [1.165, 1.54) is 51.4 Å². The zero-order valence-electron chi connectivity index (χ0n) is 18.6. The summed E-state index contributed by atoms with van der Waals surface area (Å²) in [6, 6.07) is 7.65. The molecule has 2 heterocycles. The topological polar surface area (TPSA) is 61.3 Å². The number of rotatable bonds is 14. The van der Waals surface area contributed by atoms with Crippen LogP contribution in [0.25, 0.3) is 0 Å². The van der Waals surface area contributed by atoms with Gasteiger partial charge in [0.05, 0.1) is 0 Å². The average Bonchev–Trinajstić information content (AvgIpc) is 2.75. The van der Waals surface area contributed by atoms with E-state index in [1.54, 1.807) is 12.4 Å². The van der Waals surface area contributed by atoms with Crippen LogP contribution in [-0.2, 0) is 12.8 Å². The normalized spacial score (nSPS) is 10.7. The van der Waals surface area contributed by atoms with Gasteiger partial charge < -0.3 is 9.47 Å². The number of carbonyl (C=O) groups excluding carboxylic acids is 1. The van der Waals surface area contributed by atoms with Gasteiger partial charge in [0.25, 0.3) is 0 Å². The van der Waals surface area contributed by atoms with Gasteiger partial charge in [-0.15, -0.1) is 0 Å². The van der Waals surface area contributed by atoms with Crippen molar-refractivity contribution in [2.24, 2.45) is 0 Å². The Kier molecular flexibility index (Phi) is 11.6. The summed E-state index contributed by atoms with van der Waals surface area (Å²) >= 11 is 0. The number of ether oxygens (including phenoxy) is 2. The molecule has 5 heteroatoms. The third kappa shape index (κ3) is 8.93. The summed E-state index contributed by atoms with van der Waals surface area (Å²) < 4.78 is 10.9. The van der Waals surface area contributed by atoms with E-state index in [1.807, 2.05) is 24.3 Å². The number of hydrogen-bond acceptors (Lipinski definition) is 5. The van der Waals surface area contributed by atoms with Crippen molar-refractivity contribution < 1.29 is 14.3 Å². The molecule has 0 saturated carbocycles. The molecule has 0 N–H and O–H groups in total. The number of hydrogen-bond donors (Lipinski definition) is 0. The fourth-order valence-corrected chi connectivity index (χ4v) is 3.43. The lowest BCUT2D eigenvalue weighted by Gasteiger charge is -2.11. The van der Waals surface area contributed by atoms with Crippen LogP contribution in [0.1, 0.15) is 89.2 Å². The van der Waals surface area contributed by atoms with Gasteiger partial charge in [-0.05, 0) is 37.8 Å². The van der Waals surface area contributed by atoms with Gasteiger partial charge in [-0.3, -0.25) is 0 Å². The van der Waals surface area contributed by atoms with Crippen LogP contribution in [0.15, 0.2) is 36.7 Å². The molecule has 0 fully saturated rings. The zero-order valence-corrected chi connectivity index (χ0v) is 18.6. The van der Waals surface area contributed by atoms with Gasteiger partial charge >= 0.3 is 6.16 Å². The third-order valence-corrected chi connectivity index (χ3v) is 5.16. The summed E-state index contributed by atoms with van der Waals surface area (Å²) in [5.74, 6) is 0.657. The van der Waals surface area contributed by atoms with E-state index in [4.69, 9.17) is 9.47 Å². The highest BCUT2D eigenvalue weighted by molar-refractivity contribution is 5.66. The first-order valence-corrected chi connectivity index (χ1v) is 11.5. The Morgan fingerprint density at radius 2 is 1.13 bits per heavy atom. The van der Waals surface area contributed by atoms with Crippen LogP contribution in [0.2, 0.25) is 0 Å². The summed E-state index contributed by atoms with van der Waals surface area (Å²) in [7, 11) is 0. The fraction of sp³-hybridized carbons (Fsp3) is 0.560. The summed E-state index contributed by atoms with van der Waals surface area (Å²) in [5, 5.41) is 0. The van der Waals surface area contributed by atoms with Crippen molar-refractivity contribution in [3.63, 3.8) is 0 Å². The highest BCUT2D eigenvalue weighted by Gasteiger charge is 2.15. The van der Waals surface area contributed by atoms with Gasteiger partial charge in [-0.2, -0.15) is 0 Å². The zero-order chi connectivity index (χ0) is 21.4. The molecule has 2 rings (SSSR count). The van der Waals surface area contributed by atoms with Crippen LogP contribution >= 0.6 is 0 Å². The summed E-state index contributed by atoms with van der Waals surface area (Å²) in [4.78, 5) is 20.9. The molecule has 0 aromatic carbocycles. The summed E-state index contributed by atoms with van der Waals surface area (Å²) in [5.41, 5.74) is 1.87. The Morgan fingerprint density at radius 3 is 1.57 bits per heavy atom. The molecule has 0 atom stereocenters. The van der Waals surface area contributed by atoms with Crippen molar-refractivity contribution >= 4 is 6.16 Å². The number of aromatic nitrogens is 2. The van der Waals surface area contributed by atoms with Crippen molar-refractivity contribution in [1.29, 1.82) is 0 Å². The van der Waals surface area contributed by atoms with Crippen LogP contribution in [0.3, 0.4) is 0 Å². The maximum atomic E-state index is 12.4. The van der Waals surface area contributed by atoms with Crippen molar-refractivity contribution in [3.8, 4) is 11.8 Å². The summed E-state index contributed by atoms with van der Waals surface area (Å²) in [6.07, 6.45) is 16.0. The Morgan fingerprint density at radius 1 is 0.700 bits per heavy atom. The minimum atomic E-state index is -0.785. The number of nitrogens with zero attached hydrogens (tertiary/aromatic N) is 2. The maximum absolute atomic E-state index is 12.4. The van der Waals surface area contributed by atoms with Crippen LogP contribution in [0, 0.1) is 0 Å². The van der Waals surface area contributed by atoms with Crippen LogP contribution < -0.4 is 9.47 Å². The minimum Gasteiger partial charge on any atom is -0.375 e. The number of aryl methyl sites for hydroxylation is 2. The Labute approximate surface area is 181 Å². The van der Waals surface area contributed by atoms with E-state index >= 15 is 0 Å². The van der Waals surface area contributed by atoms with Gasteiger partial charge in [0, 0.05) is 23.5 Å². The molecule has 0 unspecified atom stereocenters. The fourth-order valence-electron chi connectivity index (χ4n) is 3.43. The predicted molar refractivity (Wildman–Crippen MR) is 120 cm³/mol. The molecule has 164 valence electrons. The second-order valence-electron chi connectivity index (χ2n) is 7.72. The van der Waals surface area contributed by atoms with Gasteiger partial charge in [0.2, 0.25) is 11.8 Å². The minimum absolute atomic E-state index is 0.329. The first kappa shape index (κ1) is 23.8. The van der Waals surface area contributed by atoms with E-state index in [-0.39, 0.29) is 0 Å². The monoisotopic (exact) mass is 412 g/mol. The number of pyridine rings is 2. The van der Waals surface area contributed by atoms with Crippen molar-refractivity contribution in [1.82, 2.24) is 9.97 Å². The molecule has 0 radical (unpaired) electrons. The molecule has 2 aromatic heterocycles. The molecule has 0 aliphatic heterocycles. The lowest BCUT2D eigenvalue weighted by molar-refractivity contribution is 0.147. The third-order valence-electron chi connectivity index (χ3n) is 5.16. The van der Waals surface area contributed by atoms with Gasteiger partial charge in [-0.25, -0.2) is 14.8 Å². The number of unbranched alkanes of at least 4 members (excludes halogenated alkanes) is 8. The SMILES string of the molecule is CCCCCCCc1cccnc1OC(=O)Oc1ncccc1CCCCCCC. The second kappa shape index (κ2) is 14.5. The molecule has 0 aliphatic rings. The molecule has 0 saturated heterocycles. The molecule has 0 amide bonds. The lowest BCUT2D eigenvalue weighted by Crippen LogP contribution is -2.17. The van der Waals surface area contributed by atoms with E-state index < -0.39 is 6.16 Å². The van der Waals surface area contributed by atoms with E-state index in [0.717, 1.165) is 36.8 Å². The first-order valence-electron chi connectivity index (χ1n) is 11.5. The molecule has 2 aromatic rings. The molecular weight excluding hydrogens is 376 g/mol. The van der Waals surface area contributed by atoms with Gasteiger partial charge in [0.1, 0.15) is 0 Å². The van der Waals surface area contributed by atoms with Crippen molar-refractivity contribution in [2.75, 3.05) is 0 Å². The molecule has 0 spiro atoms. The Balaban J connectivity index is 1.88. The maximum Gasteiger partial charge on any atom is 0.522 e. The van der Waals surface area contributed by atoms with E-state index in [0.29, 0.717) is 11.8 Å². The molecule has 30 heavy (non-hydrogen) atoms. The van der Waals surface area contributed by atoms with Gasteiger partial charge in [-0.1, -0.05) is 77.3 Å². The van der Waals surface area contributed by atoms with Crippen molar-refractivity contribution in [2.45, 2.75) is 90.9 Å². The Hall–Kier alpha value is -2.43. The largest absolute Gasteiger partial charge is 0.522 e. The second-order valence-corrected chi connectivity index (χ2v) is 7.72. The van der Waals surface area contributed by atoms with E-state index in [9.17, 15) is 4.79 Å². The molecule has 5 nitrogen and oxygen atoms in total. The smallest absolute Gasteiger partial charge is 0.375 e. The summed E-state index contributed by atoms with van der Waals surface area (Å²) in [6.45, 7) is 4.41. The van der Waals surface area contributed by atoms with Crippen LogP contribution in [-0.4, -0.2) is 16.1 Å². The average molecular weight is 413 g/mol. The number of carbonyl (C=O) groups is 1. The molecular formula is C25H36N2O3. The highest BCUT2D eigenvalue weighted by Crippen LogP contribution is 2.21. The first-order chi connectivity index (χ1) is 14.7. The van der Waals surface area contributed by atoms with Gasteiger partial charge in [0.15, 0.2) is 0 Å². The van der Waals surface area contributed by atoms with Crippen LogP contribution in [0.5, 0.6) is 11.8 Å². The lowest BCUT2D eigenvalue weighted by atomic mass is 10.1. The molecule has 0 aliphatic carbocycles.